The molecule has 3 heteroatoms. The van der Waals surface area contributed by atoms with Crippen molar-refractivity contribution < 1.29 is 9.47 Å². The Morgan fingerprint density at radius 1 is 1.39 bits per heavy atom. The molecule has 2 N–H and O–H groups in total. The zero-order valence-corrected chi connectivity index (χ0v) is 10.7. The number of ether oxygens (including phenoxy) is 2. The zero-order valence-electron chi connectivity index (χ0n) is 10.7. The Kier molecular flexibility index (Phi) is 3.37. The Bertz CT molecular complexity index is 413. The second-order valence-electron chi connectivity index (χ2n) is 5.45. The number of fused-ring (bicyclic) bond motifs is 1. The van der Waals surface area contributed by atoms with E-state index in [0.29, 0.717) is 19.1 Å². The standard InChI is InChI=1S/C15H21NO2/c16-10-15(6-3-7-17-11-15)18-9-13-8-12-4-1-2-5-14(12)13/h1-2,4-5,13H,3,6-11,16H2. The highest BCUT2D eigenvalue weighted by Crippen LogP contribution is 2.36. The summed E-state index contributed by atoms with van der Waals surface area (Å²) >= 11 is 0. The van der Waals surface area contributed by atoms with Crippen molar-refractivity contribution in [2.24, 2.45) is 5.73 Å². The number of rotatable bonds is 4. The molecule has 0 bridgehead atoms. The van der Waals surface area contributed by atoms with E-state index < -0.39 is 0 Å². The maximum Gasteiger partial charge on any atom is 0.104 e. The van der Waals surface area contributed by atoms with E-state index in [4.69, 9.17) is 15.2 Å². The molecular weight excluding hydrogens is 226 g/mol. The molecule has 0 radical (unpaired) electrons. The summed E-state index contributed by atoms with van der Waals surface area (Å²) in [6, 6.07) is 8.62. The lowest BCUT2D eigenvalue weighted by molar-refractivity contribution is -0.127. The average molecular weight is 247 g/mol. The van der Waals surface area contributed by atoms with Gasteiger partial charge >= 0.3 is 0 Å². The number of hydrogen-bond donors (Lipinski definition) is 1. The SMILES string of the molecule is NCC1(OCC2Cc3ccccc32)CCCOC1. The lowest BCUT2D eigenvalue weighted by Gasteiger charge is -2.39. The monoisotopic (exact) mass is 247 g/mol. The fourth-order valence-corrected chi connectivity index (χ4v) is 2.95. The lowest BCUT2D eigenvalue weighted by Crippen LogP contribution is -2.48. The van der Waals surface area contributed by atoms with Crippen molar-refractivity contribution in [2.45, 2.75) is 30.8 Å². The summed E-state index contributed by atoms with van der Waals surface area (Å²) in [7, 11) is 0. The van der Waals surface area contributed by atoms with Gasteiger partial charge in [-0.25, -0.2) is 0 Å². The first-order valence-electron chi connectivity index (χ1n) is 6.83. The molecule has 0 aromatic heterocycles. The van der Waals surface area contributed by atoms with Gasteiger partial charge in [-0.3, -0.25) is 0 Å². The van der Waals surface area contributed by atoms with Crippen LogP contribution in [0.4, 0.5) is 0 Å². The topological polar surface area (TPSA) is 44.5 Å². The molecule has 0 spiro atoms. The third-order valence-electron chi connectivity index (χ3n) is 4.21. The van der Waals surface area contributed by atoms with Crippen LogP contribution >= 0.6 is 0 Å². The molecule has 1 heterocycles. The fraction of sp³-hybridized carbons (Fsp3) is 0.600. The Balaban J connectivity index is 1.59. The Morgan fingerprint density at radius 3 is 3.00 bits per heavy atom. The predicted molar refractivity (Wildman–Crippen MR) is 70.7 cm³/mol. The highest BCUT2D eigenvalue weighted by Gasteiger charge is 2.35. The van der Waals surface area contributed by atoms with Crippen molar-refractivity contribution in [3.05, 3.63) is 35.4 Å². The largest absolute Gasteiger partial charge is 0.378 e. The summed E-state index contributed by atoms with van der Waals surface area (Å²) in [6.45, 7) is 2.83. The van der Waals surface area contributed by atoms with E-state index >= 15 is 0 Å². The zero-order chi connectivity index (χ0) is 12.4. The summed E-state index contributed by atoms with van der Waals surface area (Å²) in [5.74, 6) is 0.548. The Labute approximate surface area is 108 Å². The summed E-state index contributed by atoms with van der Waals surface area (Å²) < 4.78 is 11.7. The van der Waals surface area contributed by atoms with Gasteiger partial charge in [-0.1, -0.05) is 24.3 Å². The van der Waals surface area contributed by atoms with Crippen molar-refractivity contribution >= 4 is 0 Å². The van der Waals surface area contributed by atoms with Crippen molar-refractivity contribution in [2.75, 3.05) is 26.4 Å². The van der Waals surface area contributed by atoms with Crippen LogP contribution in [0.1, 0.15) is 29.9 Å². The summed E-state index contributed by atoms with van der Waals surface area (Å²) in [6.07, 6.45) is 3.22. The van der Waals surface area contributed by atoms with Gasteiger partial charge < -0.3 is 15.2 Å². The molecule has 1 aromatic carbocycles. The first kappa shape index (κ1) is 12.2. The minimum atomic E-state index is -0.233. The molecule has 98 valence electrons. The minimum Gasteiger partial charge on any atom is -0.378 e. The fourth-order valence-electron chi connectivity index (χ4n) is 2.95. The molecule has 3 rings (SSSR count). The molecule has 0 saturated carbocycles. The summed E-state index contributed by atoms with van der Waals surface area (Å²) in [4.78, 5) is 0. The van der Waals surface area contributed by atoms with Crippen molar-refractivity contribution in [1.82, 2.24) is 0 Å². The third-order valence-corrected chi connectivity index (χ3v) is 4.21. The quantitative estimate of drug-likeness (QED) is 0.883. The van der Waals surface area contributed by atoms with Gasteiger partial charge in [0.15, 0.2) is 0 Å². The van der Waals surface area contributed by atoms with Crippen molar-refractivity contribution in [3.8, 4) is 0 Å². The molecule has 1 saturated heterocycles. The molecule has 3 nitrogen and oxygen atoms in total. The van der Waals surface area contributed by atoms with E-state index in [-0.39, 0.29) is 5.60 Å². The number of hydrogen-bond acceptors (Lipinski definition) is 3. The summed E-state index contributed by atoms with van der Waals surface area (Å²) in [5, 5.41) is 0. The van der Waals surface area contributed by atoms with Gasteiger partial charge in [-0.05, 0) is 30.4 Å². The van der Waals surface area contributed by atoms with Crippen LogP contribution in [-0.4, -0.2) is 32.0 Å². The third kappa shape index (κ3) is 2.18. The highest BCUT2D eigenvalue weighted by molar-refractivity contribution is 5.39. The van der Waals surface area contributed by atoms with Crippen LogP contribution in [0.3, 0.4) is 0 Å². The van der Waals surface area contributed by atoms with Gasteiger partial charge in [0.25, 0.3) is 0 Å². The number of benzene rings is 1. The maximum absolute atomic E-state index is 6.13. The smallest absolute Gasteiger partial charge is 0.104 e. The van der Waals surface area contributed by atoms with Crippen LogP contribution in [0.25, 0.3) is 0 Å². The maximum atomic E-state index is 6.13. The van der Waals surface area contributed by atoms with Gasteiger partial charge in [0.05, 0.1) is 13.2 Å². The van der Waals surface area contributed by atoms with E-state index in [1.165, 1.54) is 11.1 Å². The first-order chi connectivity index (χ1) is 8.83. The second kappa shape index (κ2) is 5.00. The summed E-state index contributed by atoms with van der Waals surface area (Å²) in [5.41, 5.74) is 8.55. The van der Waals surface area contributed by atoms with Gasteiger partial charge in [-0.15, -0.1) is 0 Å². The molecule has 1 aromatic rings. The van der Waals surface area contributed by atoms with Crippen LogP contribution in [0.5, 0.6) is 0 Å². The Hall–Kier alpha value is -0.900. The van der Waals surface area contributed by atoms with E-state index in [1.807, 2.05) is 0 Å². The number of nitrogens with two attached hydrogens (primary N) is 1. The molecule has 1 fully saturated rings. The van der Waals surface area contributed by atoms with Gasteiger partial charge in [0.1, 0.15) is 5.60 Å². The molecule has 2 aliphatic rings. The molecule has 2 atom stereocenters. The highest BCUT2D eigenvalue weighted by atomic mass is 16.5. The minimum absolute atomic E-state index is 0.233. The molecule has 18 heavy (non-hydrogen) atoms. The van der Waals surface area contributed by atoms with Crippen LogP contribution in [0.15, 0.2) is 24.3 Å². The average Bonchev–Trinajstić information content (AvgIpc) is 2.41. The normalized spacial score (nSPS) is 30.6. The van der Waals surface area contributed by atoms with Gasteiger partial charge in [0, 0.05) is 19.1 Å². The van der Waals surface area contributed by atoms with Crippen LogP contribution < -0.4 is 5.73 Å². The second-order valence-corrected chi connectivity index (χ2v) is 5.45. The van der Waals surface area contributed by atoms with Gasteiger partial charge in [0.2, 0.25) is 0 Å². The van der Waals surface area contributed by atoms with E-state index in [2.05, 4.69) is 24.3 Å². The first-order valence-corrected chi connectivity index (χ1v) is 6.83. The predicted octanol–water partition coefficient (Wildman–Crippen LogP) is 1.85. The molecule has 2 unspecified atom stereocenters. The van der Waals surface area contributed by atoms with E-state index in [9.17, 15) is 0 Å². The molecule has 1 aliphatic carbocycles. The lowest BCUT2D eigenvalue weighted by atomic mass is 9.78. The van der Waals surface area contributed by atoms with Crippen LogP contribution in [0, 0.1) is 0 Å². The molecular formula is C15H21NO2. The molecule has 0 amide bonds. The molecule has 1 aliphatic heterocycles. The van der Waals surface area contributed by atoms with Crippen molar-refractivity contribution in [3.63, 3.8) is 0 Å². The van der Waals surface area contributed by atoms with Crippen LogP contribution in [0.2, 0.25) is 0 Å². The van der Waals surface area contributed by atoms with E-state index in [1.54, 1.807) is 0 Å². The van der Waals surface area contributed by atoms with Crippen LogP contribution in [-0.2, 0) is 15.9 Å². The van der Waals surface area contributed by atoms with E-state index in [0.717, 1.165) is 32.5 Å². The van der Waals surface area contributed by atoms with Gasteiger partial charge in [-0.2, -0.15) is 0 Å². The van der Waals surface area contributed by atoms with Crippen molar-refractivity contribution in [1.29, 1.82) is 0 Å². The Morgan fingerprint density at radius 2 is 2.28 bits per heavy atom.